The molecule has 4 unspecified atom stereocenters. The lowest BCUT2D eigenvalue weighted by atomic mass is 9.69. The molecule has 94 valence electrons. The first-order valence-corrected chi connectivity index (χ1v) is 6.47. The Balaban J connectivity index is 1.96. The summed E-state index contributed by atoms with van der Waals surface area (Å²) in [5.74, 6) is 0. The first-order chi connectivity index (χ1) is 8.65. The summed E-state index contributed by atoms with van der Waals surface area (Å²) < 4.78 is 5.77. The number of ether oxygens (including phenoxy) is 1. The Hall–Kier alpha value is -1.37. The Morgan fingerprint density at radius 2 is 2.33 bits per heavy atom. The maximum absolute atomic E-state index is 10.6. The van der Waals surface area contributed by atoms with E-state index in [1.165, 1.54) is 0 Å². The normalized spacial score (nSPS) is 35.4. The highest BCUT2D eigenvalue weighted by Gasteiger charge is 2.57. The average Bonchev–Trinajstić information content (AvgIpc) is 2.98. The topological polar surface area (TPSA) is 53.2 Å². The SMILES string of the molecule is Cc1cccc(C(O)C2(C#N)CC3CCC2O3)c1. The van der Waals surface area contributed by atoms with E-state index in [1.54, 1.807) is 0 Å². The van der Waals surface area contributed by atoms with E-state index in [1.807, 2.05) is 31.2 Å². The fourth-order valence-electron chi connectivity index (χ4n) is 3.35. The minimum atomic E-state index is -0.753. The molecule has 0 aliphatic carbocycles. The quantitative estimate of drug-likeness (QED) is 0.868. The van der Waals surface area contributed by atoms with Gasteiger partial charge in [-0.2, -0.15) is 5.26 Å². The molecule has 0 spiro atoms. The number of aryl methyl sites for hydroxylation is 1. The number of aliphatic hydroxyl groups is 1. The Morgan fingerprint density at radius 1 is 1.50 bits per heavy atom. The number of hydrogen-bond donors (Lipinski definition) is 1. The molecule has 1 N–H and O–H groups in total. The predicted molar refractivity (Wildman–Crippen MR) is 66.7 cm³/mol. The van der Waals surface area contributed by atoms with E-state index in [-0.39, 0.29) is 12.2 Å². The molecular formula is C15H17NO2. The largest absolute Gasteiger partial charge is 0.387 e. The second-order valence-corrected chi connectivity index (χ2v) is 5.50. The van der Waals surface area contributed by atoms with Gasteiger partial charge in [0.05, 0.1) is 18.3 Å². The van der Waals surface area contributed by atoms with E-state index in [2.05, 4.69) is 6.07 Å². The monoisotopic (exact) mass is 243 g/mol. The molecule has 2 aliphatic heterocycles. The van der Waals surface area contributed by atoms with E-state index in [0.717, 1.165) is 24.0 Å². The lowest BCUT2D eigenvalue weighted by molar-refractivity contribution is 0.00339. The zero-order valence-electron chi connectivity index (χ0n) is 10.5. The van der Waals surface area contributed by atoms with Gasteiger partial charge in [0, 0.05) is 0 Å². The Bertz CT molecular complexity index is 507. The molecule has 1 aromatic rings. The maximum atomic E-state index is 10.6. The summed E-state index contributed by atoms with van der Waals surface area (Å²) in [6.45, 7) is 1.99. The van der Waals surface area contributed by atoms with Gasteiger partial charge in [-0.15, -0.1) is 0 Å². The van der Waals surface area contributed by atoms with Crippen LogP contribution in [0.25, 0.3) is 0 Å². The fraction of sp³-hybridized carbons (Fsp3) is 0.533. The predicted octanol–water partition coefficient (Wildman–Crippen LogP) is 2.49. The third kappa shape index (κ3) is 1.57. The number of fused-ring (bicyclic) bond motifs is 2. The van der Waals surface area contributed by atoms with Crippen LogP contribution in [-0.4, -0.2) is 17.3 Å². The summed E-state index contributed by atoms with van der Waals surface area (Å²) in [5.41, 5.74) is 1.17. The van der Waals surface area contributed by atoms with Crippen molar-refractivity contribution in [1.82, 2.24) is 0 Å². The number of nitriles is 1. The Labute approximate surface area is 107 Å². The van der Waals surface area contributed by atoms with Crippen LogP contribution in [0.3, 0.4) is 0 Å². The third-order valence-electron chi connectivity index (χ3n) is 4.30. The van der Waals surface area contributed by atoms with Crippen LogP contribution in [0.5, 0.6) is 0 Å². The molecule has 0 amide bonds. The molecule has 2 aliphatic rings. The zero-order valence-corrected chi connectivity index (χ0v) is 10.5. The highest BCUT2D eigenvalue weighted by atomic mass is 16.5. The van der Waals surface area contributed by atoms with Crippen molar-refractivity contribution < 1.29 is 9.84 Å². The standard InChI is InChI=1S/C15H17NO2/c1-10-3-2-4-11(7-10)14(17)15(9-16)8-12-5-6-13(15)18-12/h2-4,7,12-14,17H,5-6,8H2,1H3. The number of hydrogen-bond acceptors (Lipinski definition) is 3. The maximum Gasteiger partial charge on any atom is 0.116 e. The van der Waals surface area contributed by atoms with Crippen molar-refractivity contribution >= 4 is 0 Å². The molecule has 2 fully saturated rings. The average molecular weight is 243 g/mol. The van der Waals surface area contributed by atoms with Crippen LogP contribution in [0, 0.1) is 23.7 Å². The lowest BCUT2D eigenvalue weighted by Crippen LogP contribution is -2.37. The van der Waals surface area contributed by atoms with Crippen molar-refractivity contribution in [2.45, 2.75) is 44.5 Å². The molecule has 1 aromatic carbocycles. The summed E-state index contributed by atoms with van der Waals surface area (Å²) in [7, 11) is 0. The zero-order chi connectivity index (χ0) is 12.8. The molecule has 0 radical (unpaired) electrons. The molecular weight excluding hydrogens is 226 g/mol. The van der Waals surface area contributed by atoms with Crippen LogP contribution in [0.2, 0.25) is 0 Å². The smallest absolute Gasteiger partial charge is 0.116 e. The van der Waals surface area contributed by atoms with Crippen molar-refractivity contribution in [3.8, 4) is 6.07 Å². The van der Waals surface area contributed by atoms with Crippen LogP contribution in [-0.2, 0) is 4.74 Å². The van der Waals surface area contributed by atoms with Gasteiger partial charge in [-0.1, -0.05) is 29.8 Å². The van der Waals surface area contributed by atoms with Gasteiger partial charge in [0.25, 0.3) is 0 Å². The molecule has 3 heteroatoms. The molecule has 2 bridgehead atoms. The van der Waals surface area contributed by atoms with Crippen molar-refractivity contribution in [2.75, 3.05) is 0 Å². The number of nitrogens with zero attached hydrogens (tertiary/aromatic N) is 1. The molecule has 2 heterocycles. The first kappa shape index (κ1) is 11.7. The van der Waals surface area contributed by atoms with Crippen LogP contribution in [0.1, 0.15) is 36.5 Å². The van der Waals surface area contributed by atoms with Crippen molar-refractivity contribution in [3.05, 3.63) is 35.4 Å². The minimum Gasteiger partial charge on any atom is -0.387 e. The summed E-state index contributed by atoms with van der Waals surface area (Å²) in [5, 5.41) is 20.2. The van der Waals surface area contributed by atoms with Gasteiger partial charge in [-0.25, -0.2) is 0 Å². The molecule has 18 heavy (non-hydrogen) atoms. The van der Waals surface area contributed by atoms with E-state index < -0.39 is 11.5 Å². The van der Waals surface area contributed by atoms with E-state index in [0.29, 0.717) is 6.42 Å². The lowest BCUT2D eigenvalue weighted by Gasteiger charge is -2.33. The third-order valence-corrected chi connectivity index (χ3v) is 4.30. The van der Waals surface area contributed by atoms with Gasteiger partial charge in [-0.3, -0.25) is 0 Å². The molecule has 4 atom stereocenters. The molecule has 2 saturated heterocycles. The Morgan fingerprint density at radius 3 is 2.89 bits per heavy atom. The molecule has 3 rings (SSSR count). The van der Waals surface area contributed by atoms with E-state index in [9.17, 15) is 10.4 Å². The van der Waals surface area contributed by atoms with Crippen molar-refractivity contribution in [2.24, 2.45) is 5.41 Å². The summed E-state index contributed by atoms with van der Waals surface area (Å²) in [6.07, 6.45) is 1.87. The first-order valence-electron chi connectivity index (χ1n) is 6.47. The molecule has 0 saturated carbocycles. The van der Waals surface area contributed by atoms with E-state index >= 15 is 0 Å². The number of rotatable bonds is 2. The highest BCUT2D eigenvalue weighted by Crippen LogP contribution is 2.53. The Kier molecular flexibility index (Phi) is 2.65. The van der Waals surface area contributed by atoms with Gasteiger partial charge in [-0.05, 0) is 31.7 Å². The van der Waals surface area contributed by atoms with Crippen LogP contribution < -0.4 is 0 Å². The second-order valence-electron chi connectivity index (χ2n) is 5.50. The van der Waals surface area contributed by atoms with Crippen molar-refractivity contribution in [1.29, 1.82) is 5.26 Å². The van der Waals surface area contributed by atoms with Gasteiger partial charge in [0.1, 0.15) is 11.5 Å². The summed E-state index contributed by atoms with van der Waals surface area (Å²) in [6, 6.07) is 10.1. The van der Waals surface area contributed by atoms with Crippen LogP contribution in [0.4, 0.5) is 0 Å². The second kappa shape index (κ2) is 4.08. The van der Waals surface area contributed by atoms with E-state index in [4.69, 9.17) is 4.74 Å². The van der Waals surface area contributed by atoms with Gasteiger partial charge in [0.2, 0.25) is 0 Å². The summed E-state index contributed by atoms with van der Waals surface area (Å²) >= 11 is 0. The van der Waals surface area contributed by atoms with Crippen molar-refractivity contribution in [3.63, 3.8) is 0 Å². The summed E-state index contributed by atoms with van der Waals surface area (Å²) in [4.78, 5) is 0. The molecule has 0 aromatic heterocycles. The van der Waals surface area contributed by atoms with Gasteiger partial charge >= 0.3 is 0 Å². The number of benzene rings is 1. The van der Waals surface area contributed by atoms with Gasteiger partial charge < -0.3 is 9.84 Å². The van der Waals surface area contributed by atoms with Crippen LogP contribution in [0.15, 0.2) is 24.3 Å². The molecule has 3 nitrogen and oxygen atoms in total. The fourth-order valence-corrected chi connectivity index (χ4v) is 3.35. The van der Waals surface area contributed by atoms with Gasteiger partial charge in [0.15, 0.2) is 0 Å². The highest BCUT2D eigenvalue weighted by molar-refractivity contribution is 5.29. The van der Waals surface area contributed by atoms with Crippen LogP contribution >= 0.6 is 0 Å². The minimum absolute atomic E-state index is 0.108. The number of aliphatic hydroxyl groups excluding tert-OH is 1.